The Morgan fingerprint density at radius 1 is 1.03 bits per heavy atom. The standard InChI is InChI=1S/C24H21ClN2O2/c1-15-3-5-17(6-4-15)24-27-22(20-13-18(25)9-12-23(20)29-24)14-21(26-27)16-7-10-19(28-2)11-8-16/h3-13,22,24H,14H2,1-2H3/t22-,24+/m1/s1. The molecule has 0 fully saturated rings. The molecule has 2 aliphatic heterocycles. The summed E-state index contributed by atoms with van der Waals surface area (Å²) < 4.78 is 11.7. The Morgan fingerprint density at radius 3 is 2.52 bits per heavy atom. The summed E-state index contributed by atoms with van der Waals surface area (Å²) in [5.74, 6) is 1.70. The number of nitrogens with zero attached hydrogens (tertiary/aromatic N) is 2. The molecule has 0 amide bonds. The topological polar surface area (TPSA) is 34.1 Å². The number of aryl methyl sites for hydroxylation is 1. The molecule has 0 aromatic heterocycles. The maximum atomic E-state index is 6.39. The lowest BCUT2D eigenvalue weighted by molar-refractivity contribution is -0.0190. The van der Waals surface area contributed by atoms with E-state index in [2.05, 4.69) is 48.3 Å². The van der Waals surface area contributed by atoms with Gasteiger partial charge in [0.05, 0.1) is 18.9 Å². The number of benzene rings is 3. The number of rotatable bonds is 3. The van der Waals surface area contributed by atoms with E-state index in [0.29, 0.717) is 5.02 Å². The van der Waals surface area contributed by atoms with E-state index in [0.717, 1.165) is 40.3 Å². The average Bonchev–Trinajstić information content (AvgIpc) is 3.20. The molecule has 0 bridgehead atoms. The highest BCUT2D eigenvalue weighted by atomic mass is 35.5. The highest BCUT2D eigenvalue weighted by Crippen LogP contribution is 2.48. The van der Waals surface area contributed by atoms with Crippen LogP contribution >= 0.6 is 11.6 Å². The molecule has 0 spiro atoms. The number of hydrazone groups is 1. The molecule has 5 rings (SSSR count). The molecule has 0 saturated heterocycles. The molecule has 2 heterocycles. The summed E-state index contributed by atoms with van der Waals surface area (Å²) in [5, 5.41) is 7.77. The van der Waals surface area contributed by atoms with Crippen LogP contribution in [0.1, 0.15) is 40.9 Å². The zero-order valence-electron chi connectivity index (χ0n) is 16.3. The molecular formula is C24H21ClN2O2. The summed E-state index contributed by atoms with van der Waals surface area (Å²) in [6, 6.07) is 22.4. The second-order valence-corrected chi connectivity index (χ2v) is 7.87. The third-order valence-electron chi connectivity index (χ3n) is 5.54. The number of hydrogen-bond acceptors (Lipinski definition) is 4. The van der Waals surface area contributed by atoms with Crippen LogP contribution in [0.15, 0.2) is 71.8 Å². The molecule has 29 heavy (non-hydrogen) atoms. The monoisotopic (exact) mass is 404 g/mol. The molecule has 0 radical (unpaired) electrons. The average molecular weight is 405 g/mol. The number of methoxy groups -OCH3 is 1. The SMILES string of the molecule is COc1ccc(C2=NN3[C@H](C2)c2cc(Cl)ccc2O[C@H]3c2ccc(C)cc2)cc1. The van der Waals surface area contributed by atoms with Crippen LogP contribution in [0.2, 0.25) is 5.02 Å². The first-order valence-electron chi connectivity index (χ1n) is 9.65. The highest BCUT2D eigenvalue weighted by Gasteiger charge is 2.41. The maximum Gasteiger partial charge on any atom is 0.213 e. The van der Waals surface area contributed by atoms with Gasteiger partial charge in [-0.3, -0.25) is 0 Å². The van der Waals surface area contributed by atoms with Crippen molar-refractivity contribution in [2.75, 3.05) is 7.11 Å². The van der Waals surface area contributed by atoms with Gasteiger partial charge in [-0.25, -0.2) is 5.01 Å². The zero-order chi connectivity index (χ0) is 20.0. The van der Waals surface area contributed by atoms with Crippen LogP contribution in [0, 0.1) is 6.92 Å². The lowest BCUT2D eigenvalue weighted by Gasteiger charge is -2.38. The predicted molar refractivity (Wildman–Crippen MR) is 115 cm³/mol. The number of fused-ring (bicyclic) bond motifs is 3. The number of halogens is 1. The summed E-state index contributed by atoms with van der Waals surface area (Å²) >= 11 is 6.30. The zero-order valence-corrected chi connectivity index (χ0v) is 17.1. The van der Waals surface area contributed by atoms with Gasteiger partial charge in [0, 0.05) is 22.6 Å². The van der Waals surface area contributed by atoms with Crippen LogP contribution in [0.5, 0.6) is 11.5 Å². The second-order valence-electron chi connectivity index (χ2n) is 7.44. The first kappa shape index (κ1) is 18.1. The molecule has 0 saturated carbocycles. The third kappa shape index (κ3) is 3.23. The predicted octanol–water partition coefficient (Wildman–Crippen LogP) is 5.90. The Labute approximate surface area is 175 Å². The molecule has 146 valence electrons. The van der Waals surface area contributed by atoms with Crippen molar-refractivity contribution in [1.29, 1.82) is 0 Å². The van der Waals surface area contributed by atoms with Crippen LogP contribution in [0.25, 0.3) is 0 Å². The summed E-state index contributed by atoms with van der Waals surface area (Å²) in [6.07, 6.45) is 0.524. The van der Waals surface area contributed by atoms with E-state index in [1.165, 1.54) is 5.56 Å². The highest BCUT2D eigenvalue weighted by molar-refractivity contribution is 6.30. The van der Waals surface area contributed by atoms with E-state index in [9.17, 15) is 0 Å². The summed E-state index contributed by atoms with van der Waals surface area (Å²) in [4.78, 5) is 0. The maximum absolute atomic E-state index is 6.39. The minimum atomic E-state index is -0.273. The van der Waals surface area contributed by atoms with Crippen molar-refractivity contribution in [1.82, 2.24) is 5.01 Å². The Hall–Kier alpha value is -2.98. The van der Waals surface area contributed by atoms with Crippen molar-refractivity contribution in [2.24, 2.45) is 5.10 Å². The van der Waals surface area contributed by atoms with Crippen LogP contribution in [0.3, 0.4) is 0 Å². The van der Waals surface area contributed by atoms with E-state index in [4.69, 9.17) is 26.2 Å². The van der Waals surface area contributed by atoms with Gasteiger partial charge in [-0.05, 0) is 55.0 Å². The van der Waals surface area contributed by atoms with Gasteiger partial charge in [0.25, 0.3) is 0 Å². The van der Waals surface area contributed by atoms with Gasteiger partial charge in [-0.2, -0.15) is 5.10 Å². The summed E-state index contributed by atoms with van der Waals surface area (Å²) in [6.45, 7) is 2.08. The van der Waals surface area contributed by atoms with Crippen LogP contribution in [-0.2, 0) is 0 Å². The van der Waals surface area contributed by atoms with E-state index < -0.39 is 0 Å². The molecule has 2 aliphatic rings. The molecule has 0 aliphatic carbocycles. The minimum Gasteiger partial charge on any atom is -0.497 e. The molecule has 5 heteroatoms. The summed E-state index contributed by atoms with van der Waals surface area (Å²) in [5.41, 5.74) is 5.50. The van der Waals surface area contributed by atoms with Gasteiger partial charge in [-0.15, -0.1) is 0 Å². The smallest absolute Gasteiger partial charge is 0.213 e. The largest absolute Gasteiger partial charge is 0.497 e. The Balaban J connectivity index is 1.57. The molecule has 0 N–H and O–H groups in total. The van der Waals surface area contributed by atoms with E-state index in [1.807, 2.05) is 30.3 Å². The van der Waals surface area contributed by atoms with Gasteiger partial charge in [0.1, 0.15) is 11.5 Å². The van der Waals surface area contributed by atoms with Crippen molar-refractivity contribution in [3.63, 3.8) is 0 Å². The molecule has 2 atom stereocenters. The normalized spacial score (nSPS) is 19.8. The number of ether oxygens (including phenoxy) is 2. The van der Waals surface area contributed by atoms with Crippen molar-refractivity contribution < 1.29 is 9.47 Å². The van der Waals surface area contributed by atoms with Crippen molar-refractivity contribution in [2.45, 2.75) is 25.6 Å². The van der Waals surface area contributed by atoms with E-state index in [-0.39, 0.29) is 12.3 Å². The van der Waals surface area contributed by atoms with Crippen molar-refractivity contribution >= 4 is 17.3 Å². The molecule has 4 nitrogen and oxygen atoms in total. The van der Waals surface area contributed by atoms with Gasteiger partial charge < -0.3 is 9.47 Å². The molecule has 0 unspecified atom stereocenters. The van der Waals surface area contributed by atoms with Gasteiger partial charge >= 0.3 is 0 Å². The molecule has 3 aromatic carbocycles. The van der Waals surface area contributed by atoms with Gasteiger partial charge in [-0.1, -0.05) is 41.4 Å². The Kier molecular flexibility index (Phi) is 4.44. The second kappa shape index (κ2) is 7.12. The van der Waals surface area contributed by atoms with Gasteiger partial charge in [0.15, 0.2) is 0 Å². The fourth-order valence-corrected chi connectivity index (χ4v) is 4.15. The summed E-state index contributed by atoms with van der Waals surface area (Å²) in [7, 11) is 1.67. The quantitative estimate of drug-likeness (QED) is 0.545. The molecule has 3 aromatic rings. The van der Waals surface area contributed by atoms with E-state index in [1.54, 1.807) is 7.11 Å². The van der Waals surface area contributed by atoms with Crippen LogP contribution < -0.4 is 9.47 Å². The van der Waals surface area contributed by atoms with Crippen molar-refractivity contribution in [3.05, 3.63) is 94.0 Å². The van der Waals surface area contributed by atoms with E-state index >= 15 is 0 Å². The first-order valence-corrected chi connectivity index (χ1v) is 10.0. The fourth-order valence-electron chi connectivity index (χ4n) is 3.97. The van der Waals surface area contributed by atoms with Crippen molar-refractivity contribution in [3.8, 4) is 11.5 Å². The van der Waals surface area contributed by atoms with Crippen LogP contribution in [-0.4, -0.2) is 17.8 Å². The Bertz CT molecular complexity index is 1080. The lowest BCUT2D eigenvalue weighted by Crippen LogP contribution is -2.33. The number of hydrogen-bond donors (Lipinski definition) is 0. The minimum absolute atomic E-state index is 0.0841. The molecular weight excluding hydrogens is 384 g/mol. The van der Waals surface area contributed by atoms with Gasteiger partial charge in [0.2, 0.25) is 6.23 Å². The fraction of sp³-hybridized carbons (Fsp3) is 0.208. The lowest BCUT2D eigenvalue weighted by atomic mass is 9.96. The van der Waals surface area contributed by atoms with Crippen LogP contribution in [0.4, 0.5) is 0 Å². The Morgan fingerprint density at radius 2 is 1.79 bits per heavy atom. The third-order valence-corrected chi connectivity index (χ3v) is 5.77. The first-order chi connectivity index (χ1) is 14.1.